The number of ether oxygens (including phenoxy) is 1. The maximum atomic E-state index is 12.8. The van der Waals surface area contributed by atoms with Crippen LogP contribution in [0.5, 0.6) is 0 Å². The highest BCUT2D eigenvalue weighted by molar-refractivity contribution is 7.89. The molecule has 0 aromatic heterocycles. The van der Waals surface area contributed by atoms with Crippen LogP contribution in [-0.2, 0) is 21.2 Å². The maximum absolute atomic E-state index is 12.8. The van der Waals surface area contributed by atoms with Crippen molar-refractivity contribution in [3.8, 4) is 0 Å². The number of sulfonamides is 1. The van der Waals surface area contributed by atoms with Gasteiger partial charge in [-0.05, 0) is 36.2 Å². The van der Waals surface area contributed by atoms with Gasteiger partial charge in [-0.2, -0.15) is 4.31 Å². The zero-order valence-electron chi connectivity index (χ0n) is 16.8. The molecule has 9 heteroatoms. The van der Waals surface area contributed by atoms with E-state index >= 15 is 0 Å². The normalized spacial score (nSPS) is 16.8. The van der Waals surface area contributed by atoms with Crippen molar-refractivity contribution in [2.75, 3.05) is 18.4 Å². The number of benzene rings is 2. The van der Waals surface area contributed by atoms with Gasteiger partial charge in [0.15, 0.2) is 5.72 Å². The van der Waals surface area contributed by atoms with Crippen LogP contribution < -0.4 is 11.1 Å². The van der Waals surface area contributed by atoms with Gasteiger partial charge >= 0.3 is 6.09 Å². The minimum Gasteiger partial charge on any atom is -0.428 e. The van der Waals surface area contributed by atoms with Gasteiger partial charge in [0.2, 0.25) is 10.0 Å². The Morgan fingerprint density at radius 1 is 1.17 bits per heavy atom. The molecule has 0 unspecified atom stereocenters. The van der Waals surface area contributed by atoms with Crippen molar-refractivity contribution in [3.05, 3.63) is 59.1 Å². The van der Waals surface area contributed by atoms with Crippen LogP contribution in [0.4, 0.5) is 10.5 Å². The van der Waals surface area contributed by atoms with Crippen LogP contribution in [0.3, 0.4) is 0 Å². The number of nitrogens with one attached hydrogen (secondary N) is 1. The zero-order valence-corrected chi connectivity index (χ0v) is 18.4. The molecule has 0 spiro atoms. The summed E-state index contributed by atoms with van der Waals surface area (Å²) >= 11 is 6.05. The average Bonchev–Trinajstić information content (AvgIpc) is 2.70. The first-order valence-corrected chi connectivity index (χ1v) is 11.7. The molecule has 162 valence electrons. The van der Waals surface area contributed by atoms with Crippen LogP contribution in [0.15, 0.2) is 53.4 Å². The Balaban J connectivity index is 1.58. The fourth-order valence-corrected chi connectivity index (χ4v) is 5.31. The van der Waals surface area contributed by atoms with Gasteiger partial charge in [-0.1, -0.05) is 49.2 Å². The van der Waals surface area contributed by atoms with E-state index in [1.807, 2.05) is 24.3 Å². The summed E-state index contributed by atoms with van der Waals surface area (Å²) in [6.45, 7) is 2.36. The second kappa shape index (κ2) is 9.34. The van der Waals surface area contributed by atoms with Gasteiger partial charge in [-0.15, -0.1) is 0 Å². The predicted molar refractivity (Wildman–Crippen MR) is 117 cm³/mol. The Bertz CT molecular complexity index is 988. The standard InChI is InChI=1S/C21H26ClN3O4S/c1-2-5-16-8-10-17(11-9-16)24-20(26)29-21(23)12-14-25(15-13-21)30(27,28)19-7-4-3-6-18(19)22/h3-4,6-11H,2,5,12-15,23H2,1H3,(H,24,26). The average molecular weight is 452 g/mol. The molecule has 0 saturated carbocycles. The van der Waals surface area contributed by atoms with E-state index < -0.39 is 21.8 Å². The van der Waals surface area contributed by atoms with E-state index in [-0.39, 0.29) is 35.8 Å². The Kier molecular flexibility index (Phi) is 7.02. The topological polar surface area (TPSA) is 102 Å². The lowest BCUT2D eigenvalue weighted by molar-refractivity contribution is -0.0116. The first-order valence-electron chi connectivity index (χ1n) is 9.86. The van der Waals surface area contributed by atoms with Gasteiger partial charge in [0.1, 0.15) is 4.90 Å². The number of piperidine rings is 1. The van der Waals surface area contributed by atoms with Crippen molar-refractivity contribution in [2.45, 2.75) is 43.2 Å². The maximum Gasteiger partial charge on any atom is 0.413 e. The number of aryl methyl sites for hydroxylation is 1. The SMILES string of the molecule is CCCc1ccc(NC(=O)OC2(N)CCN(S(=O)(=O)c3ccccc3Cl)CC2)cc1. The molecule has 7 nitrogen and oxygen atoms in total. The summed E-state index contributed by atoms with van der Waals surface area (Å²) in [4.78, 5) is 12.3. The smallest absolute Gasteiger partial charge is 0.413 e. The Labute approximate surface area is 182 Å². The molecular formula is C21H26ClN3O4S. The second-order valence-electron chi connectivity index (χ2n) is 7.36. The molecule has 1 heterocycles. The number of nitrogens with zero attached hydrogens (tertiary/aromatic N) is 1. The van der Waals surface area contributed by atoms with Crippen molar-refractivity contribution in [2.24, 2.45) is 5.73 Å². The van der Waals surface area contributed by atoms with Crippen molar-refractivity contribution >= 4 is 33.4 Å². The van der Waals surface area contributed by atoms with Crippen LogP contribution in [0.1, 0.15) is 31.7 Å². The number of hydrogen-bond donors (Lipinski definition) is 2. The quantitative estimate of drug-likeness (QED) is 0.647. The first-order chi connectivity index (χ1) is 14.2. The molecule has 1 amide bonds. The molecule has 1 aliphatic rings. The Morgan fingerprint density at radius 3 is 2.40 bits per heavy atom. The van der Waals surface area contributed by atoms with Crippen LogP contribution in [0.2, 0.25) is 5.02 Å². The molecule has 0 atom stereocenters. The van der Waals surface area contributed by atoms with Crippen LogP contribution in [0.25, 0.3) is 0 Å². The van der Waals surface area contributed by atoms with E-state index in [9.17, 15) is 13.2 Å². The highest BCUT2D eigenvalue weighted by atomic mass is 35.5. The monoisotopic (exact) mass is 451 g/mol. The molecule has 3 N–H and O–H groups in total. The lowest BCUT2D eigenvalue weighted by Gasteiger charge is -2.37. The minimum atomic E-state index is -3.74. The molecule has 3 rings (SSSR count). The van der Waals surface area contributed by atoms with Crippen LogP contribution >= 0.6 is 11.6 Å². The van der Waals surface area contributed by atoms with Crippen molar-refractivity contribution in [1.82, 2.24) is 4.31 Å². The van der Waals surface area contributed by atoms with E-state index in [1.54, 1.807) is 12.1 Å². The highest BCUT2D eigenvalue weighted by Crippen LogP contribution is 2.29. The molecule has 30 heavy (non-hydrogen) atoms. The summed E-state index contributed by atoms with van der Waals surface area (Å²) in [6, 6.07) is 13.8. The van der Waals surface area contributed by atoms with Gasteiger partial charge in [-0.25, -0.2) is 13.2 Å². The number of carbonyl (C=O) groups is 1. The van der Waals surface area contributed by atoms with Gasteiger partial charge in [0, 0.05) is 31.6 Å². The van der Waals surface area contributed by atoms with E-state index in [0.717, 1.165) is 12.8 Å². The van der Waals surface area contributed by atoms with Crippen LogP contribution in [-0.4, -0.2) is 37.6 Å². The summed E-state index contributed by atoms with van der Waals surface area (Å²) in [6.07, 6.45) is 1.72. The summed E-state index contributed by atoms with van der Waals surface area (Å²) < 4.78 is 32.4. The molecule has 2 aromatic carbocycles. The van der Waals surface area contributed by atoms with E-state index in [4.69, 9.17) is 22.1 Å². The van der Waals surface area contributed by atoms with Crippen LogP contribution in [0, 0.1) is 0 Å². The Morgan fingerprint density at radius 2 is 1.80 bits per heavy atom. The third kappa shape index (κ3) is 5.31. The summed E-state index contributed by atoms with van der Waals surface area (Å²) in [5.74, 6) is 0. The third-order valence-corrected chi connectivity index (χ3v) is 7.46. The van der Waals surface area contributed by atoms with E-state index in [2.05, 4.69) is 12.2 Å². The summed E-state index contributed by atoms with van der Waals surface area (Å²) in [7, 11) is -3.74. The molecule has 1 fully saturated rings. The largest absolute Gasteiger partial charge is 0.428 e. The fraction of sp³-hybridized carbons (Fsp3) is 0.381. The molecule has 0 bridgehead atoms. The number of hydrogen-bond acceptors (Lipinski definition) is 5. The second-order valence-corrected chi connectivity index (χ2v) is 9.67. The predicted octanol–water partition coefficient (Wildman–Crippen LogP) is 3.98. The minimum absolute atomic E-state index is 0.0568. The van der Waals surface area contributed by atoms with Crippen molar-refractivity contribution in [1.29, 1.82) is 0 Å². The van der Waals surface area contributed by atoms with E-state index in [0.29, 0.717) is 5.69 Å². The van der Waals surface area contributed by atoms with E-state index in [1.165, 1.54) is 22.0 Å². The molecule has 1 aliphatic heterocycles. The lowest BCUT2D eigenvalue weighted by atomic mass is 10.0. The van der Waals surface area contributed by atoms with Gasteiger partial charge in [-0.3, -0.25) is 11.1 Å². The molecule has 0 radical (unpaired) electrons. The van der Waals surface area contributed by atoms with Crippen molar-refractivity contribution in [3.63, 3.8) is 0 Å². The van der Waals surface area contributed by atoms with Gasteiger partial charge in [0.25, 0.3) is 0 Å². The lowest BCUT2D eigenvalue weighted by Crippen LogP contribution is -2.54. The Hall–Kier alpha value is -2.13. The molecule has 1 saturated heterocycles. The number of carbonyl (C=O) groups excluding carboxylic acids is 1. The number of halogens is 1. The van der Waals surface area contributed by atoms with Gasteiger partial charge in [0.05, 0.1) is 5.02 Å². The summed E-state index contributed by atoms with van der Waals surface area (Å²) in [5.41, 5.74) is 6.79. The number of amides is 1. The molecule has 2 aromatic rings. The summed E-state index contributed by atoms with van der Waals surface area (Å²) in [5, 5.41) is 2.84. The highest BCUT2D eigenvalue weighted by Gasteiger charge is 2.39. The first kappa shape index (κ1) is 22.6. The van der Waals surface area contributed by atoms with Crippen molar-refractivity contribution < 1.29 is 17.9 Å². The fourth-order valence-electron chi connectivity index (χ4n) is 3.37. The number of rotatable bonds is 6. The number of nitrogens with two attached hydrogens (primary N) is 1. The van der Waals surface area contributed by atoms with Gasteiger partial charge < -0.3 is 4.74 Å². The molecule has 0 aliphatic carbocycles. The molecular weight excluding hydrogens is 426 g/mol. The zero-order chi connectivity index (χ0) is 21.8. The third-order valence-electron chi connectivity index (χ3n) is 5.06. The number of anilines is 1.